The van der Waals surface area contributed by atoms with Crippen molar-refractivity contribution in [1.82, 2.24) is 10.9 Å². The second kappa shape index (κ2) is 9.72. The lowest BCUT2D eigenvalue weighted by atomic mass is 10.2. The van der Waals surface area contributed by atoms with Crippen LogP contribution in [0.5, 0.6) is 11.5 Å². The van der Waals surface area contributed by atoms with Gasteiger partial charge in [-0.3, -0.25) is 30.6 Å². The molecule has 2 aromatic rings. The molecule has 0 saturated heterocycles. The van der Waals surface area contributed by atoms with Crippen molar-refractivity contribution in [1.29, 1.82) is 0 Å². The first-order chi connectivity index (χ1) is 13.4. The van der Waals surface area contributed by atoms with E-state index in [0.717, 1.165) is 0 Å². The normalized spacial score (nSPS) is 10.4. The summed E-state index contributed by atoms with van der Waals surface area (Å²) >= 11 is 0. The minimum Gasteiger partial charge on any atom is -0.493 e. The van der Waals surface area contributed by atoms with Gasteiger partial charge in [0.15, 0.2) is 11.5 Å². The van der Waals surface area contributed by atoms with E-state index in [4.69, 9.17) is 9.47 Å². The van der Waals surface area contributed by atoms with Gasteiger partial charge in [0.1, 0.15) is 0 Å². The molecule has 9 heteroatoms. The maximum atomic E-state index is 11.9. The molecule has 0 aliphatic heterocycles. The quantitative estimate of drug-likeness (QED) is 0.429. The topological polar surface area (TPSA) is 120 Å². The molecule has 0 fully saturated rings. The van der Waals surface area contributed by atoms with Crippen LogP contribution in [0, 0.1) is 10.1 Å². The molecule has 0 aliphatic rings. The van der Waals surface area contributed by atoms with Gasteiger partial charge in [0, 0.05) is 23.8 Å². The van der Waals surface area contributed by atoms with Gasteiger partial charge in [-0.2, -0.15) is 0 Å². The third-order valence-corrected chi connectivity index (χ3v) is 3.55. The number of benzene rings is 2. The van der Waals surface area contributed by atoms with Crippen molar-refractivity contribution in [2.24, 2.45) is 0 Å². The molecule has 0 spiro atoms. The number of carbonyl (C=O) groups excluding carboxylic acids is 2. The molecule has 0 unspecified atom stereocenters. The van der Waals surface area contributed by atoms with Crippen LogP contribution in [0.25, 0.3) is 6.08 Å². The van der Waals surface area contributed by atoms with Crippen LogP contribution in [-0.4, -0.2) is 30.5 Å². The highest BCUT2D eigenvalue weighted by Crippen LogP contribution is 2.28. The number of nitro groups is 1. The Hall–Kier alpha value is -3.88. The molecule has 0 heterocycles. The molecule has 0 aromatic heterocycles. The molecule has 0 radical (unpaired) electrons. The smallest absolute Gasteiger partial charge is 0.269 e. The standard InChI is InChI=1S/C19H19N3O6/c1-3-28-17-12-13(4-10-16(17)27-2)5-11-18(23)20-21-19(24)14-6-8-15(9-7-14)22(25)26/h4-12H,3H2,1-2H3,(H,20,23)(H,21,24)/b11-5+. The van der Waals surface area contributed by atoms with Crippen LogP contribution in [0.2, 0.25) is 0 Å². The summed E-state index contributed by atoms with van der Waals surface area (Å²) in [4.78, 5) is 33.9. The SMILES string of the molecule is CCOc1cc(/C=C/C(=O)NNC(=O)c2ccc([N+](=O)[O-])cc2)ccc1OC. The Labute approximate surface area is 161 Å². The van der Waals surface area contributed by atoms with Crippen LogP contribution in [0.15, 0.2) is 48.5 Å². The van der Waals surface area contributed by atoms with Gasteiger partial charge in [-0.05, 0) is 42.8 Å². The number of hydrazine groups is 1. The lowest BCUT2D eigenvalue weighted by Crippen LogP contribution is -2.40. The summed E-state index contributed by atoms with van der Waals surface area (Å²) in [5, 5.41) is 10.6. The Kier molecular flexibility index (Phi) is 7.09. The van der Waals surface area contributed by atoms with Gasteiger partial charge >= 0.3 is 0 Å². The van der Waals surface area contributed by atoms with E-state index in [1.165, 1.54) is 37.5 Å². The highest BCUT2D eigenvalue weighted by atomic mass is 16.6. The van der Waals surface area contributed by atoms with Crippen molar-refractivity contribution < 1.29 is 24.0 Å². The van der Waals surface area contributed by atoms with E-state index in [1.54, 1.807) is 24.3 Å². The fourth-order valence-corrected chi connectivity index (χ4v) is 2.20. The molecule has 28 heavy (non-hydrogen) atoms. The Morgan fingerprint density at radius 2 is 1.82 bits per heavy atom. The molecule has 2 aromatic carbocycles. The number of carbonyl (C=O) groups is 2. The van der Waals surface area contributed by atoms with Gasteiger partial charge in [0.25, 0.3) is 17.5 Å². The lowest BCUT2D eigenvalue weighted by Gasteiger charge is -2.09. The van der Waals surface area contributed by atoms with Crippen molar-refractivity contribution in [2.45, 2.75) is 6.92 Å². The van der Waals surface area contributed by atoms with Gasteiger partial charge in [-0.25, -0.2) is 0 Å². The molecule has 2 rings (SSSR count). The molecule has 0 atom stereocenters. The molecule has 0 bridgehead atoms. The average molecular weight is 385 g/mol. The molecule has 146 valence electrons. The number of nitrogens with one attached hydrogen (secondary N) is 2. The Morgan fingerprint density at radius 3 is 2.43 bits per heavy atom. The summed E-state index contributed by atoms with van der Waals surface area (Å²) in [7, 11) is 1.54. The average Bonchev–Trinajstić information content (AvgIpc) is 2.71. The fourth-order valence-electron chi connectivity index (χ4n) is 2.20. The van der Waals surface area contributed by atoms with E-state index in [1.807, 2.05) is 6.92 Å². The van der Waals surface area contributed by atoms with Crippen molar-refractivity contribution in [2.75, 3.05) is 13.7 Å². The first kappa shape index (κ1) is 20.4. The molecular formula is C19H19N3O6. The number of hydrogen-bond donors (Lipinski definition) is 2. The summed E-state index contributed by atoms with van der Waals surface area (Å²) in [6.07, 6.45) is 2.79. The molecule has 2 N–H and O–H groups in total. The first-order valence-corrected chi connectivity index (χ1v) is 8.28. The zero-order valence-corrected chi connectivity index (χ0v) is 15.3. The number of nitro benzene ring substituents is 1. The summed E-state index contributed by atoms with van der Waals surface area (Å²) in [5.41, 5.74) is 5.22. The second-order valence-electron chi connectivity index (χ2n) is 5.42. The summed E-state index contributed by atoms with van der Waals surface area (Å²) in [5.74, 6) is -0.0124. The van der Waals surface area contributed by atoms with Crippen LogP contribution < -0.4 is 20.3 Å². The molecule has 0 saturated carbocycles. The molecule has 0 aliphatic carbocycles. The maximum Gasteiger partial charge on any atom is 0.269 e. The molecular weight excluding hydrogens is 366 g/mol. The van der Waals surface area contributed by atoms with Crippen LogP contribution in [0.3, 0.4) is 0 Å². The van der Waals surface area contributed by atoms with Crippen molar-refractivity contribution in [3.63, 3.8) is 0 Å². The number of nitrogens with zero attached hydrogens (tertiary/aromatic N) is 1. The minimum atomic E-state index is -0.597. The summed E-state index contributed by atoms with van der Waals surface area (Å²) in [6, 6.07) is 10.2. The predicted octanol–water partition coefficient (Wildman–Crippen LogP) is 2.48. The minimum absolute atomic E-state index is 0.130. The monoisotopic (exact) mass is 385 g/mol. The number of amides is 2. The highest BCUT2D eigenvalue weighted by Gasteiger charge is 2.10. The van der Waals surface area contributed by atoms with Crippen molar-refractivity contribution in [3.05, 3.63) is 69.8 Å². The van der Waals surface area contributed by atoms with Crippen LogP contribution >= 0.6 is 0 Å². The number of non-ortho nitro benzene ring substituents is 1. The Bertz CT molecular complexity index is 893. The fraction of sp³-hybridized carbons (Fsp3) is 0.158. The van der Waals surface area contributed by atoms with Crippen LogP contribution in [0.1, 0.15) is 22.8 Å². The van der Waals surface area contributed by atoms with Gasteiger partial charge < -0.3 is 9.47 Å². The maximum absolute atomic E-state index is 11.9. The van der Waals surface area contributed by atoms with E-state index in [2.05, 4.69) is 10.9 Å². The van der Waals surface area contributed by atoms with Crippen LogP contribution in [-0.2, 0) is 4.79 Å². The third kappa shape index (κ3) is 5.56. The first-order valence-electron chi connectivity index (χ1n) is 8.28. The van der Waals surface area contributed by atoms with E-state index >= 15 is 0 Å². The second-order valence-corrected chi connectivity index (χ2v) is 5.42. The Morgan fingerprint density at radius 1 is 1.11 bits per heavy atom. The zero-order chi connectivity index (χ0) is 20.5. The van der Waals surface area contributed by atoms with Gasteiger partial charge in [-0.15, -0.1) is 0 Å². The molecule has 2 amide bonds. The summed E-state index contributed by atoms with van der Waals surface area (Å²) in [6.45, 7) is 2.32. The highest BCUT2D eigenvalue weighted by molar-refractivity contribution is 5.98. The number of hydrogen-bond acceptors (Lipinski definition) is 6. The van der Waals surface area contributed by atoms with Crippen molar-refractivity contribution in [3.8, 4) is 11.5 Å². The Balaban J connectivity index is 1.93. The number of rotatable bonds is 7. The van der Waals surface area contributed by atoms with Crippen molar-refractivity contribution >= 4 is 23.6 Å². The van der Waals surface area contributed by atoms with E-state index in [0.29, 0.717) is 23.7 Å². The van der Waals surface area contributed by atoms with Crippen LogP contribution in [0.4, 0.5) is 5.69 Å². The van der Waals surface area contributed by atoms with Gasteiger partial charge in [0.2, 0.25) is 0 Å². The predicted molar refractivity (Wildman–Crippen MR) is 102 cm³/mol. The van der Waals surface area contributed by atoms with Gasteiger partial charge in [-0.1, -0.05) is 6.07 Å². The lowest BCUT2D eigenvalue weighted by molar-refractivity contribution is -0.384. The van der Waals surface area contributed by atoms with E-state index < -0.39 is 16.7 Å². The largest absolute Gasteiger partial charge is 0.493 e. The number of methoxy groups -OCH3 is 1. The molecule has 9 nitrogen and oxygen atoms in total. The summed E-state index contributed by atoms with van der Waals surface area (Å²) < 4.78 is 10.7. The number of ether oxygens (including phenoxy) is 2. The van der Waals surface area contributed by atoms with E-state index in [9.17, 15) is 19.7 Å². The zero-order valence-electron chi connectivity index (χ0n) is 15.3. The van der Waals surface area contributed by atoms with Gasteiger partial charge in [0.05, 0.1) is 18.6 Å². The van der Waals surface area contributed by atoms with E-state index in [-0.39, 0.29) is 11.3 Å². The third-order valence-electron chi connectivity index (χ3n) is 3.55.